The van der Waals surface area contributed by atoms with Crippen molar-refractivity contribution in [3.63, 3.8) is 0 Å². The maximum absolute atomic E-state index is 5.86. The first-order chi connectivity index (χ1) is 9.67. The molecular formula is C15H21N3O2. The molecule has 0 amide bonds. The Labute approximate surface area is 119 Å². The summed E-state index contributed by atoms with van der Waals surface area (Å²) in [5, 5.41) is 4.50. The Morgan fingerprint density at radius 1 is 1.25 bits per heavy atom. The molecule has 0 bridgehead atoms. The van der Waals surface area contributed by atoms with Gasteiger partial charge >= 0.3 is 0 Å². The van der Waals surface area contributed by atoms with E-state index in [4.69, 9.17) is 15.2 Å². The molecule has 5 heteroatoms. The fourth-order valence-corrected chi connectivity index (χ4v) is 2.04. The summed E-state index contributed by atoms with van der Waals surface area (Å²) in [5.74, 6) is 1.38. The Hall–Kier alpha value is -2.17. The van der Waals surface area contributed by atoms with Gasteiger partial charge < -0.3 is 15.2 Å². The van der Waals surface area contributed by atoms with Gasteiger partial charge in [0.15, 0.2) is 0 Å². The Balaban J connectivity index is 2.08. The van der Waals surface area contributed by atoms with E-state index in [1.54, 1.807) is 19.2 Å². The molecule has 2 aromatic rings. The predicted molar refractivity (Wildman–Crippen MR) is 79.0 cm³/mol. The number of nitrogen functional groups attached to an aromatic ring is 1. The second-order valence-corrected chi connectivity index (χ2v) is 4.49. The summed E-state index contributed by atoms with van der Waals surface area (Å²) >= 11 is 0. The minimum absolute atomic E-state index is 0.479. The van der Waals surface area contributed by atoms with E-state index >= 15 is 0 Å². The summed E-state index contributed by atoms with van der Waals surface area (Å²) in [6, 6.07) is 7.50. The molecule has 1 aromatic heterocycles. The molecule has 0 atom stereocenters. The van der Waals surface area contributed by atoms with E-state index in [0.717, 1.165) is 30.1 Å². The van der Waals surface area contributed by atoms with Gasteiger partial charge in [0.25, 0.3) is 0 Å². The zero-order valence-electron chi connectivity index (χ0n) is 12.2. The van der Waals surface area contributed by atoms with E-state index in [2.05, 4.69) is 25.0 Å². The van der Waals surface area contributed by atoms with Crippen LogP contribution in [0.5, 0.6) is 11.5 Å². The number of anilines is 1. The smallest absolute Gasteiger partial charge is 0.142 e. The van der Waals surface area contributed by atoms with Crippen LogP contribution in [0.3, 0.4) is 0 Å². The number of ether oxygens (including phenoxy) is 2. The molecule has 0 unspecified atom stereocenters. The van der Waals surface area contributed by atoms with Gasteiger partial charge in [0.2, 0.25) is 0 Å². The zero-order valence-corrected chi connectivity index (χ0v) is 12.2. The Kier molecular flexibility index (Phi) is 4.50. The van der Waals surface area contributed by atoms with Gasteiger partial charge in [-0.25, -0.2) is 0 Å². The summed E-state index contributed by atoms with van der Waals surface area (Å²) in [6.45, 7) is 5.48. The maximum atomic E-state index is 5.86. The van der Waals surface area contributed by atoms with Crippen LogP contribution in [-0.4, -0.2) is 16.9 Å². The monoisotopic (exact) mass is 275 g/mol. The van der Waals surface area contributed by atoms with E-state index in [-0.39, 0.29) is 0 Å². The van der Waals surface area contributed by atoms with E-state index in [1.807, 2.05) is 10.7 Å². The Morgan fingerprint density at radius 3 is 2.65 bits per heavy atom. The SMILES string of the molecule is CCc1cc(COc2ccc(OC)c(N)c2)n(CC)n1. The molecule has 20 heavy (non-hydrogen) atoms. The number of rotatable bonds is 6. The lowest BCUT2D eigenvalue weighted by Crippen LogP contribution is -2.06. The molecule has 5 nitrogen and oxygen atoms in total. The number of aryl methyl sites for hydroxylation is 2. The maximum Gasteiger partial charge on any atom is 0.142 e. The van der Waals surface area contributed by atoms with Gasteiger partial charge in [0, 0.05) is 12.6 Å². The molecule has 0 aliphatic carbocycles. The number of aromatic nitrogens is 2. The topological polar surface area (TPSA) is 62.3 Å². The molecule has 0 spiro atoms. The van der Waals surface area contributed by atoms with Crippen molar-refractivity contribution in [2.75, 3.05) is 12.8 Å². The van der Waals surface area contributed by atoms with Crippen molar-refractivity contribution in [2.24, 2.45) is 0 Å². The normalized spacial score (nSPS) is 10.6. The highest BCUT2D eigenvalue weighted by Crippen LogP contribution is 2.26. The fraction of sp³-hybridized carbons (Fsp3) is 0.400. The molecule has 0 radical (unpaired) electrons. The minimum atomic E-state index is 0.479. The average Bonchev–Trinajstić information content (AvgIpc) is 2.87. The van der Waals surface area contributed by atoms with Gasteiger partial charge in [-0.1, -0.05) is 6.92 Å². The highest BCUT2D eigenvalue weighted by Gasteiger charge is 2.07. The lowest BCUT2D eigenvalue weighted by atomic mass is 10.3. The van der Waals surface area contributed by atoms with Crippen molar-refractivity contribution in [1.82, 2.24) is 9.78 Å². The van der Waals surface area contributed by atoms with Crippen molar-refractivity contribution in [1.29, 1.82) is 0 Å². The van der Waals surface area contributed by atoms with Crippen LogP contribution in [0, 0.1) is 0 Å². The van der Waals surface area contributed by atoms with Crippen LogP contribution in [0.2, 0.25) is 0 Å². The minimum Gasteiger partial charge on any atom is -0.495 e. The lowest BCUT2D eigenvalue weighted by molar-refractivity contribution is 0.292. The number of methoxy groups -OCH3 is 1. The number of hydrogen-bond acceptors (Lipinski definition) is 4. The van der Waals surface area contributed by atoms with Gasteiger partial charge in [-0.3, -0.25) is 4.68 Å². The molecule has 2 N–H and O–H groups in total. The molecule has 1 aromatic carbocycles. The second kappa shape index (κ2) is 6.32. The van der Waals surface area contributed by atoms with E-state index < -0.39 is 0 Å². The number of nitrogens with two attached hydrogens (primary N) is 1. The molecule has 0 saturated carbocycles. The first kappa shape index (κ1) is 14.2. The Bertz CT molecular complexity index is 578. The van der Waals surface area contributed by atoms with Gasteiger partial charge in [0.1, 0.15) is 18.1 Å². The largest absolute Gasteiger partial charge is 0.495 e. The number of nitrogens with zero attached hydrogens (tertiary/aromatic N) is 2. The van der Waals surface area contributed by atoms with E-state index in [0.29, 0.717) is 18.0 Å². The third-order valence-corrected chi connectivity index (χ3v) is 3.16. The van der Waals surface area contributed by atoms with Crippen molar-refractivity contribution in [3.05, 3.63) is 35.7 Å². The summed E-state index contributed by atoms with van der Waals surface area (Å²) in [5.41, 5.74) is 8.58. The zero-order chi connectivity index (χ0) is 14.5. The standard InChI is InChI=1S/C15H21N3O2/c1-4-11-8-12(18(5-2)17-11)10-20-13-6-7-15(19-3)14(16)9-13/h6-9H,4-5,10,16H2,1-3H3. The highest BCUT2D eigenvalue weighted by molar-refractivity contribution is 5.56. The van der Waals surface area contributed by atoms with Crippen LogP contribution in [0.15, 0.2) is 24.3 Å². The summed E-state index contributed by atoms with van der Waals surface area (Å²) in [6.07, 6.45) is 0.926. The van der Waals surface area contributed by atoms with Gasteiger partial charge in [0.05, 0.1) is 24.2 Å². The van der Waals surface area contributed by atoms with Crippen molar-refractivity contribution in [2.45, 2.75) is 33.4 Å². The average molecular weight is 275 g/mol. The van der Waals surface area contributed by atoms with Gasteiger partial charge in [-0.05, 0) is 31.5 Å². The molecule has 0 aliphatic heterocycles. The van der Waals surface area contributed by atoms with Crippen LogP contribution >= 0.6 is 0 Å². The summed E-state index contributed by atoms with van der Waals surface area (Å²) < 4.78 is 12.9. The molecule has 0 aliphatic rings. The van der Waals surface area contributed by atoms with Gasteiger partial charge in [-0.15, -0.1) is 0 Å². The number of hydrogen-bond donors (Lipinski definition) is 1. The highest BCUT2D eigenvalue weighted by atomic mass is 16.5. The van der Waals surface area contributed by atoms with Crippen molar-refractivity contribution >= 4 is 5.69 Å². The van der Waals surface area contributed by atoms with Crippen LogP contribution in [0.1, 0.15) is 25.2 Å². The molecular weight excluding hydrogens is 254 g/mol. The fourth-order valence-electron chi connectivity index (χ4n) is 2.04. The van der Waals surface area contributed by atoms with Crippen LogP contribution in [0.25, 0.3) is 0 Å². The third-order valence-electron chi connectivity index (χ3n) is 3.16. The van der Waals surface area contributed by atoms with Gasteiger partial charge in [-0.2, -0.15) is 5.10 Å². The van der Waals surface area contributed by atoms with Crippen LogP contribution in [-0.2, 0) is 19.6 Å². The lowest BCUT2D eigenvalue weighted by Gasteiger charge is -2.10. The first-order valence-corrected chi connectivity index (χ1v) is 6.79. The molecule has 0 saturated heterocycles. The third kappa shape index (κ3) is 3.04. The first-order valence-electron chi connectivity index (χ1n) is 6.79. The molecule has 2 rings (SSSR count). The molecule has 0 fully saturated rings. The summed E-state index contributed by atoms with van der Waals surface area (Å²) in [4.78, 5) is 0. The quantitative estimate of drug-likeness (QED) is 0.823. The molecule has 108 valence electrons. The van der Waals surface area contributed by atoms with Crippen molar-refractivity contribution in [3.8, 4) is 11.5 Å². The second-order valence-electron chi connectivity index (χ2n) is 4.49. The van der Waals surface area contributed by atoms with Crippen LogP contribution in [0.4, 0.5) is 5.69 Å². The van der Waals surface area contributed by atoms with E-state index in [1.165, 1.54) is 0 Å². The predicted octanol–water partition coefficient (Wildman–Crippen LogP) is 2.64. The van der Waals surface area contributed by atoms with Crippen LogP contribution < -0.4 is 15.2 Å². The molecule has 1 heterocycles. The van der Waals surface area contributed by atoms with E-state index in [9.17, 15) is 0 Å². The van der Waals surface area contributed by atoms with Crippen molar-refractivity contribution < 1.29 is 9.47 Å². The summed E-state index contributed by atoms with van der Waals surface area (Å²) in [7, 11) is 1.60. The number of benzene rings is 1. The Morgan fingerprint density at radius 2 is 2.05 bits per heavy atom.